The molecular formula is C40H28N6. The number of benzene rings is 5. The van der Waals surface area contributed by atoms with Gasteiger partial charge in [0.2, 0.25) is 0 Å². The maximum Gasteiger partial charge on any atom is 0.180 e. The van der Waals surface area contributed by atoms with Crippen molar-refractivity contribution in [2.24, 2.45) is 4.99 Å². The molecule has 218 valence electrons. The second kappa shape index (κ2) is 12.0. The molecule has 6 nitrogen and oxygen atoms in total. The highest BCUT2D eigenvalue weighted by Crippen LogP contribution is 2.30. The van der Waals surface area contributed by atoms with Gasteiger partial charge in [0.1, 0.15) is 6.17 Å². The van der Waals surface area contributed by atoms with Crippen molar-refractivity contribution in [1.82, 2.24) is 25.3 Å². The van der Waals surface area contributed by atoms with E-state index in [1.165, 1.54) is 0 Å². The maximum absolute atomic E-state index is 5.16. The molecule has 0 saturated carbocycles. The summed E-state index contributed by atoms with van der Waals surface area (Å²) in [7, 11) is 0. The second-order valence-electron chi connectivity index (χ2n) is 11.0. The van der Waals surface area contributed by atoms with Crippen LogP contribution in [0.15, 0.2) is 163 Å². The predicted molar refractivity (Wildman–Crippen MR) is 185 cm³/mol. The first-order chi connectivity index (χ1) is 22.8. The van der Waals surface area contributed by atoms with Crippen LogP contribution in [0.1, 0.15) is 23.1 Å². The van der Waals surface area contributed by atoms with Crippen LogP contribution in [-0.2, 0) is 0 Å². The standard InChI is InChI=1S/C40H28N6/c1-4-12-30(13-5-1)37-42-34(28-23-21-27(22-24-28)33-20-10-18-29-19-11-25-41-36(29)33)26-35(43-37)40-45-38(31-14-6-2-7-15-31)44-39(46-40)32-16-8-3-9-17-32/h1-26,37,43H. The zero-order chi connectivity index (χ0) is 30.7. The van der Waals surface area contributed by atoms with Crippen molar-refractivity contribution < 1.29 is 0 Å². The van der Waals surface area contributed by atoms with Gasteiger partial charge in [0.05, 0.1) is 16.9 Å². The van der Waals surface area contributed by atoms with Crippen LogP contribution < -0.4 is 5.32 Å². The molecule has 3 heterocycles. The Morgan fingerprint density at radius 1 is 0.478 bits per heavy atom. The van der Waals surface area contributed by atoms with Crippen LogP contribution in [-0.4, -0.2) is 25.6 Å². The van der Waals surface area contributed by atoms with Crippen LogP contribution in [0.25, 0.3) is 50.5 Å². The minimum atomic E-state index is -0.324. The first-order valence-electron chi connectivity index (χ1n) is 15.2. The smallest absolute Gasteiger partial charge is 0.180 e. The van der Waals surface area contributed by atoms with Gasteiger partial charge >= 0.3 is 0 Å². The fourth-order valence-corrected chi connectivity index (χ4v) is 5.70. The average Bonchev–Trinajstić information content (AvgIpc) is 3.15. The Kier molecular flexibility index (Phi) is 7.13. The van der Waals surface area contributed by atoms with Gasteiger partial charge in [-0.15, -0.1) is 0 Å². The van der Waals surface area contributed by atoms with Crippen LogP contribution in [0.3, 0.4) is 0 Å². The van der Waals surface area contributed by atoms with Crippen LogP contribution in [0.4, 0.5) is 0 Å². The van der Waals surface area contributed by atoms with Crippen LogP contribution in [0.2, 0.25) is 0 Å². The highest BCUT2D eigenvalue weighted by Gasteiger charge is 2.23. The highest BCUT2D eigenvalue weighted by molar-refractivity contribution is 6.13. The largest absolute Gasteiger partial charge is 0.357 e. The van der Waals surface area contributed by atoms with E-state index in [-0.39, 0.29) is 6.17 Å². The van der Waals surface area contributed by atoms with E-state index >= 15 is 0 Å². The third-order valence-electron chi connectivity index (χ3n) is 8.02. The molecule has 2 aromatic heterocycles. The van der Waals surface area contributed by atoms with Gasteiger partial charge in [-0.25, -0.2) is 15.0 Å². The molecule has 0 saturated heterocycles. The molecule has 1 aliphatic rings. The molecule has 1 atom stereocenters. The lowest BCUT2D eigenvalue weighted by Crippen LogP contribution is -2.26. The van der Waals surface area contributed by atoms with Crippen molar-refractivity contribution in [2.75, 3.05) is 0 Å². The van der Waals surface area contributed by atoms with Gasteiger partial charge in [0.25, 0.3) is 0 Å². The van der Waals surface area contributed by atoms with Crippen molar-refractivity contribution in [3.05, 3.63) is 175 Å². The van der Waals surface area contributed by atoms with E-state index in [1.54, 1.807) is 0 Å². The number of hydrogen-bond acceptors (Lipinski definition) is 6. The lowest BCUT2D eigenvalue weighted by Gasteiger charge is -2.24. The van der Waals surface area contributed by atoms with Crippen molar-refractivity contribution in [3.63, 3.8) is 0 Å². The van der Waals surface area contributed by atoms with Gasteiger partial charge in [0.15, 0.2) is 17.5 Å². The van der Waals surface area contributed by atoms with Gasteiger partial charge in [-0.2, -0.15) is 0 Å². The summed E-state index contributed by atoms with van der Waals surface area (Å²) in [5.74, 6) is 1.78. The van der Waals surface area contributed by atoms with E-state index in [2.05, 4.69) is 71.0 Å². The number of para-hydroxylation sites is 1. The summed E-state index contributed by atoms with van der Waals surface area (Å²) in [4.78, 5) is 24.6. The monoisotopic (exact) mass is 592 g/mol. The molecule has 5 aromatic carbocycles. The molecule has 6 heteroatoms. The average molecular weight is 593 g/mol. The molecule has 0 radical (unpaired) electrons. The molecule has 0 fully saturated rings. The Morgan fingerprint density at radius 2 is 1.07 bits per heavy atom. The zero-order valence-corrected chi connectivity index (χ0v) is 24.8. The van der Waals surface area contributed by atoms with Crippen LogP contribution >= 0.6 is 0 Å². The lowest BCUT2D eigenvalue weighted by molar-refractivity contribution is 0.659. The summed E-state index contributed by atoms with van der Waals surface area (Å²) in [5, 5.41) is 4.73. The molecule has 0 amide bonds. The second-order valence-corrected chi connectivity index (χ2v) is 11.0. The number of aliphatic imine (C=N–C) groups is 1. The van der Waals surface area contributed by atoms with E-state index in [0.717, 1.165) is 55.7 Å². The molecule has 1 N–H and O–H groups in total. The zero-order valence-electron chi connectivity index (χ0n) is 24.8. The Morgan fingerprint density at radius 3 is 1.74 bits per heavy atom. The summed E-state index contributed by atoms with van der Waals surface area (Å²) in [6.07, 6.45) is 3.55. The molecule has 1 aliphatic heterocycles. The number of allylic oxidation sites excluding steroid dienone is 1. The molecule has 46 heavy (non-hydrogen) atoms. The quantitative estimate of drug-likeness (QED) is 0.209. The first kappa shape index (κ1) is 27.3. The first-order valence-corrected chi connectivity index (χ1v) is 15.2. The van der Waals surface area contributed by atoms with E-state index in [4.69, 9.17) is 19.9 Å². The molecule has 1 unspecified atom stereocenters. The summed E-state index contributed by atoms with van der Waals surface area (Å²) < 4.78 is 0. The van der Waals surface area contributed by atoms with Crippen molar-refractivity contribution in [2.45, 2.75) is 6.17 Å². The van der Waals surface area contributed by atoms with Gasteiger partial charge in [-0.3, -0.25) is 9.98 Å². The molecule has 7 aromatic rings. The summed E-state index contributed by atoms with van der Waals surface area (Å²) in [5.41, 5.74) is 8.69. The normalized spacial score (nSPS) is 14.3. The number of nitrogens with one attached hydrogen (secondary N) is 1. The van der Waals surface area contributed by atoms with Crippen molar-refractivity contribution >= 4 is 22.3 Å². The minimum absolute atomic E-state index is 0.324. The number of rotatable bonds is 6. The Labute approximate surface area is 266 Å². The molecule has 0 aliphatic carbocycles. The van der Waals surface area contributed by atoms with Gasteiger partial charge in [-0.1, -0.05) is 140 Å². The topological polar surface area (TPSA) is 76.0 Å². The molecule has 8 rings (SSSR count). The Hall–Kier alpha value is -6.27. The van der Waals surface area contributed by atoms with Gasteiger partial charge in [-0.05, 0) is 28.8 Å². The maximum atomic E-state index is 5.16. The summed E-state index contributed by atoms with van der Waals surface area (Å²) in [6, 6.07) is 49.1. The van der Waals surface area contributed by atoms with Crippen LogP contribution in [0.5, 0.6) is 0 Å². The van der Waals surface area contributed by atoms with Gasteiger partial charge in [0, 0.05) is 28.3 Å². The highest BCUT2D eigenvalue weighted by atomic mass is 15.1. The number of pyridine rings is 1. The predicted octanol–water partition coefficient (Wildman–Crippen LogP) is 8.55. The van der Waals surface area contributed by atoms with Crippen molar-refractivity contribution in [1.29, 1.82) is 0 Å². The van der Waals surface area contributed by atoms with E-state index in [0.29, 0.717) is 17.5 Å². The summed E-state index contributed by atoms with van der Waals surface area (Å²) >= 11 is 0. The molecule has 0 spiro atoms. The number of hydrogen-bond donors (Lipinski definition) is 1. The number of nitrogens with zero attached hydrogens (tertiary/aromatic N) is 5. The Balaban J connectivity index is 1.23. The third-order valence-corrected chi connectivity index (χ3v) is 8.02. The lowest BCUT2D eigenvalue weighted by atomic mass is 9.98. The number of aromatic nitrogens is 4. The third kappa shape index (κ3) is 5.44. The fraction of sp³-hybridized carbons (Fsp3) is 0.0250. The molecule has 0 bridgehead atoms. The fourth-order valence-electron chi connectivity index (χ4n) is 5.70. The van der Waals surface area contributed by atoms with Gasteiger partial charge < -0.3 is 5.32 Å². The van der Waals surface area contributed by atoms with Crippen LogP contribution in [0, 0.1) is 0 Å². The van der Waals surface area contributed by atoms with Crippen molar-refractivity contribution in [3.8, 4) is 33.9 Å². The number of fused-ring (bicyclic) bond motifs is 1. The SMILES string of the molecule is C1=C(c2nc(-c3ccccc3)nc(-c3ccccc3)n2)NC(c2ccccc2)N=C1c1ccc(-c2cccc3cccnc23)cc1. The van der Waals surface area contributed by atoms with E-state index < -0.39 is 0 Å². The molecular weight excluding hydrogens is 564 g/mol. The van der Waals surface area contributed by atoms with E-state index in [1.807, 2.05) is 97.2 Å². The Bertz CT molecular complexity index is 2150. The van der Waals surface area contributed by atoms with E-state index in [9.17, 15) is 0 Å². The summed E-state index contributed by atoms with van der Waals surface area (Å²) in [6.45, 7) is 0. The minimum Gasteiger partial charge on any atom is -0.357 e.